The summed E-state index contributed by atoms with van der Waals surface area (Å²) in [5, 5.41) is 1.74. The molecule has 0 atom stereocenters. The fraction of sp³-hybridized carbons (Fsp3) is 0.273. The smallest absolute Gasteiger partial charge is 0.0725 e. The lowest BCUT2D eigenvalue weighted by Gasteiger charge is -2.26. The van der Waals surface area contributed by atoms with Gasteiger partial charge in [0.1, 0.15) is 0 Å². The van der Waals surface area contributed by atoms with Crippen LogP contribution in [0.2, 0.25) is 0 Å². The number of hydroxylamine groups is 1. The van der Waals surface area contributed by atoms with Crippen LogP contribution in [-0.4, -0.2) is 6.61 Å². The molecule has 2 rings (SSSR count). The molecule has 0 aliphatic carbocycles. The maximum absolute atomic E-state index is 5.81. The number of nitrogens with zero attached hydrogens (tertiary/aromatic N) is 1. The molecule has 1 heterocycles. The van der Waals surface area contributed by atoms with E-state index in [2.05, 4.69) is 6.07 Å². The lowest BCUT2D eigenvalue weighted by Crippen LogP contribution is -2.24. The van der Waals surface area contributed by atoms with Crippen molar-refractivity contribution in [2.24, 2.45) is 5.73 Å². The van der Waals surface area contributed by atoms with E-state index in [1.54, 1.807) is 5.06 Å². The fourth-order valence-corrected chi connectivity index (χ4v) is 1.61. The molecule has 0 unspecified atom stereocenters. The van der Waals surface area contributed by atoms with Gasteiger partial charge in [-0.15, -0.1) is 0 Å². The average Bonchev–Trinajstić information content (AvgIpc) is 2.18. The highest BCUT2D eigenvalue weighted by Gasteiger charge is 2.15. The van der Waals surface area contributed by atoms with Crippen LogP contribution < -0.4 is 10.8 Å². The van der Waals surface area contributed by atoms with Gasteiger partial charge in [-0.2, -0.15) is 0 Å². The summed E-state index contributed by atoms with van der Waals surface area (Å²) < 4.78 is 0. The first-order valence-electron chi connectivity index (χ1n) is 4.77. The minimum absolute atomic E-state index is 0.637. The van der Waals surface area contributed by atoms with Crippen molar-refractivity contribution < 1.29 is 4.84 Å². The first-order valence-corrected chi connectivity index (χ1v) is 4.77. The van der Waals surface area contributed by atoms with Gasteiger partial charge in [-0.25, -0.2) is 5.06 Å². The van der Waals surface area contributed by atoms with Crippen LogP contribution in [0.5, 0.6) is 0 Å². The Bertz CT molecular complexity index is 360. The molecule has 0 spiro atoms. The molecular weight excluding hydrogens is 176 g/mol. The summed E-state index contributed by atoms with van der Waals surface area (Å²) in [4.78, 5) is 5.46. The molecule has 3 nitrogen and oxygen atoms in total. The number of rotatable bonds is 2. The van der Waals surface area contributed by atoms with Gasteiger partial charge < -0.3 is 5.73 Å². The summed E-state index contributed by atoms with van der Waals surface area (Å²) in [7, 11) is 0. The van der Waals surface area contributed by atoms with Crippen molar-refractivity contribution in [2.45, 2.75) is 13.3 Å². The Hall–Kier alpha value is -1.48. The molecule has 1 aromatic rings. The van der Waals surface area contributed by atoms with Crippen molar-refractivity contribution in [3.63, 3.8) is 0 Å². The molecule has 0 aromatic heterocycles. The lowest BCUT2D eigenvalue weighted by molar-refractivity contribution is 0.144. The van der Waals surface area contributed by atoms with Crippen molar-refractivity contribution in [1.82, 2.24) is 0 Å². The summed E-state index contributed by atoms with van der Waals surface area (Å²) in [6.07, 6.45) is 2.64. The fourth-order valence-electron chi connectivity index (χ4n) is 1.61. The molecule has 1 aliphatic rings. The van der Waals surface area contributed by atoms with Gasteiger partial charge in [-0.3, -0.25) is 4.84 Å². The van der Waals surface area contributed by atoms with Crippen molar-refractivity contribution in [3.8, 4) is 0 Å². The SMILES string of the molecule is CCON1C=C(N)Cc2ccccc21. The highest BCUT2D eigenvalue weighted by molar-refractivity contribution is 5.57. The van der Waals surface area contributed by atoms with Gasteiger partial charge >= 0.3 is 0 Å². The van der Waals surface area contributed by atoms with E-state index in [0.29, 0.717) is 6.61 Å². The third-order valence-electron chi connectivity index (χ3n) is 2.17. The molecule has 0 saturated carbocycles. The number of anilines is 1. The first kappa shape index (κ1) is 9.09. The minimum Gasteiger partial charge on any atom is -0.401 e. The summed E-state index contributed by atoms with van der Waals surface area (Å²) in [5.74, 6) is 0. The second-order valence-electron chi connectivity index (χ2n) is 3.25. The van der Waals surface area contributed by atoms with Crippen molar-refractivity contribution in [3.05, 3.63) is 41.7 Å². The maximum atomic E-state index is 5.81. The minimum atomic E-state index is 0.637. The molecule has 1 aliphatic heterocycles. The summed E-state index contributed by atoms with van der Waals surface area (Å²) in [6, 6.07) is 8.12. The van der Waals surface area contributed by atoms with Crippen molar-refractivity contribution >= 4 is 5.69 Å². The van der Waals surface area contributed by atoms with Gasteiger partial charge in [-0.05, 0) is 18.6 Å². The maximum Gasteiger partial charge on any atom is 0.0725 e. The Labute approximate surface area is 83.7 Å². The van der Waals surface area contributed by atoms with E-state index in [0.717, 1.165) is 17.8 Å². The molecule has 2 N–H and O–H groups in total. The largest absolute Gasteiger partial charge is 0.401 e. The Kier molecular flexibility index (Phi) is 2.41. The van der Waals surface area contributed by atoms with Crippen LogP contribution in [0.15, 0.2) is 36.2 Å². The van der Waals surface area contributed by atoms with Crippen LogP contribution in [0.3, 0.4) is 0 Å². The standard InChI is InChI=1S/C11H14N2O/c1-2-14-13-8-10(12)7-9-5-3-4-6-11(9)13/h3-6,8H,2,7,12H2,1H3. The quantitative estimate of drug-likeness (QED) is 0.772. The van der Waals surface area contributed by atoms with E-state index >= 15 is 0 Å². The zero-order chi connectivity index (χ0) is 9.97. The highest BCUT2D eigenvalue weighted by atomic mass is 16.7. The number of hydrogen-bond donors (Lipinski definition) is 1. The Morgan fingerprint density at radius 2 is 2.21 bits per heavy atom. The molecular formula is C11H14N2O. The van der Waals surface area contributed by atoms with Crippen LogP contribution in [0.4, 0.5) is 5.69 Å². The Morgan fingerprint density at radius 3 is 3.00 bits per heavy atom. The van der Waals surface area contributed by atoms with E-state index in [1.807, 2.05) is 31.3 Å². The van der Waals surface area contributed by atoms with E-state index < -0.39 is 0 Å². The number of benzene rings is 1. The first-order chi connectivity index (χ1) is 6.81. The molecule has 0 saturated heterocycles. The van der Waals surface area contributed by atoms with Crippen LogP contribution in [0, 0.1) is 0 Å². The van der Waals surface area contributed by atoms with Crippen molar-refractivity contribution in [2.75, 3.05) is 11.7 Å². The second-order valence-corrected chi connectivity index (χ2v) is 3.25. The number of fused-ring (bicyclic) bond motifs is 1. The summed E-state index contributed by atoms with van der Waals surface area (Å²) in [6.45, 7) is 2.60. The molecule has 0 radical (unpaired) electrons. The molecule has 0 bridgehead atoms. The predicted octanol–water partition coefficient (Wildman–Crippen LogP) is 1.80. The van der Waals surface area contributed by atoms with E-state index in [-0.39, 0.29) is 0 Å². The molecule has 1 aromatic carbocycles. The van der Waals surface area contributed by atoms with Crippen LogP contribution in [-0.2, 0) is 11.3 Å². The second kappa shape index (κ2) is 3.72. The van der Waals surface area contributed by atoms with E-state index in [9.17, 15) is 0 Å². The van der Waals surface area contributed by atoms with Crippen LogP contribution >= 0.6 is 0 Å². The molecule has 0 amide bonds. The highest BCUT2D eigenvalue weighted by Crippen LogP contribution is 2.27. The topological polar surface area (TPSA) is 38.5 Å². The summed E-state index contributed by atoms with van der Waals surface area (Å²) in [5.41, 5.74) is 8.94. The van der Waals surface area contributed by atoms with Crippen LogP contribution in [0.25, 0.3) is 0 Å². The zero-order valence-electron chi connectivity index (χ0n) is 8.23. The van der Waals surface area contributed by atoms with Crippen LogP contribution in [0.1, 0.15) is 12.5 Å². The lowest BCUT2D eigenvalue weighted by atomic mass is 10.1. The summed E-state index contributed by atoms with van der Waals surface area (Å²) >= 11 is 0. The third kappa shape index (κ3) is 1.59. The molecule has 3 heteroatoms. The molecule has 0 fully saturated rings. The Balaban J connectivity index is 2.35. The molecule has 14 heavy (non-hydrogen) atoms. The van der Waals surface area contributed by atoms with Gasteiger partial charge in [0.05, 0.1) is 18.5 Å². The molecule has 74 valence electrons. The van der Waals surface area contributed by atoms with Gasteiger partial charge in [-0.1, -0.05) is 18.2 Å². The zero-order valence-corrected chi connectivity index (χ0v) is 8.23. The Morgan fingerprint density at radius 1 is 1.43 bits per heavy atom. The van der Waals surface area contributed by atoms with Gasteiger partial charge in [0.2, 0.25) is 0 Å². The monoisotopic (exact) mass is 190 g/mol. The number of hydrogen-bond acceptors (Lipinski definition) is 3. The van der Waals surface area contributed by atoms with Gasteiger partial charge in [0, 0.05) is 12.1 Å². The number of allylic oxidation sites excluding steroid dienone is 1. The van der Waals surface area contributed by atoms with Gasteiger partial charge in [0.15, 0.2) is 0 Å². The predicted molar refractivity (Wildman–Crippen MR) is 56.5 cm³/mol. The van der Waals surface area contributed by atoms with Crippen molar-refractivity contribution in [1.29, 1.82) is 0 Å². The van der Waals surface area contributed by atoms with E-state index in [1.165, 1.54) is 5.56 Å². The van der Waals surface area contributed by atoms with E-state index in [4.69, 9.17) is 10.6 Å². The third-order valence-corrected chi connectivity index (χ3v) is 2.17. The normalized spacial score (nSPS) is 14.9. The average molecular weight is 190 g/mol. The number of nitrogens with two attached hydrogens (primary N) is 1. The number of para-hydroxylation sites is 1. The van der Waals surface area contributed by atoms with Gasteiger partial charge in [0.25, 0.3) is 0 Å².